The van der Waals surface area contributed by atoms with Crippen molar-refractivity contribution in [2.24, 2.45) is 5.41 Å². The van der Waals surface area contributed by atoms with Crippen LogP contribution in [0, 0.1) is 5.41 Å². The molecule has 27 heavy (non-hydrogen) atoms. The van der Waals surface area contributed by atoms with Gasteiger partial charge in [0.1, 0.15) is 0 Å². The van der Waals surface area contributed by atoms with Gasteiger partial charge in [0.15, 0.2) is 0 Å². The molecule has 3 heteroatoms. The summed E-state index contributed by atoms with van der Waals surface area (Å²) in [5.41, 5.74) is 10.2. The van der Waals surface area contributed by atoms with Crippen molar-refractivity contribution in [3.05, 3.63) is 91.8 Å². The van der Waals surface area contributed by atoms with Crippen molar-refractivity contribution in [3.8, 4) is 11.1 Å². The van der Waals surface area contributed by atoms with E-state index in [-0.39, 0.29) is 30.2 Å². The maximum Gasteiger partial charge on any atom is -1.00 e. The van der Waals surface area contributed by atoms with Crippen LogP contribution in [-0.4, -0.2) is 0 Å². The second kappa shape index (κ2) is 8.24. The quantitative estimate of drug-likeness (QED) is 0.568. The summed E-state index contributed by atoms with van der Waals surface area (Å²) in [6.45, 7) is 9.28. The molecule has 0 unspecified atom stereocenters. The average Bonchev–Trinajstić information content (AvgIpc) is 2.91. The molecule has 0 N–H and O–H groups in total. The van der Waals surface area contributed by atoms with Gasteiger partial charge in [0, 0.05) is 0 Å². The molecule has 0 bridgehead atoms. The molecule has 0 amide bonds. The van der Waals surface area contributed by atoms with Crippen LogP contribution in [0.5, 0.6) is 0 Å². The molecule has 0 atom stereocenters. The SMILES string of the molecule is CC(C)=C1C=[C]([Zr+2])C=C(C2c3ccccc3-c3ccccc32)C1(C)C.[Cl-].[Cl-]. The van der Waals surface area contributed by atoms with Crippen LogP contribution >= 0.6 is 0 Å². The van der Waals surface area contributed by atoms with Crippen molar-refractivity contribution in [2.45, 2.75) is 33.6 Å². The monoisotopic (exact) mass is 471 g/mol. The van der Waals surface area contributed by atoms with Gasteiger partial charge in [-0.3, -0.25) is 0 Å². The molecule has 0 aromatic heterocycles. The van der Waals surface area contributed by atoms with Crippen molar-refractivity contribution in [1.29, 1.82) is 0 Å². The summed E-state index contributed by atoms with van der Waals surface area (Å²) in [4.78, 5) is 0. The number of benzene rings is 2. The summed E-state index contributed by atoms with van der Waals surface area (Å²) in [5, 5.41) is 0. The van der Waals surface area contributed by atoms with Crippen LogP contribution in [0.25, 0.3) is 11.1 Å². The number of hydrogen-bond acceptors (Lipinski definition) is 0. The molecule has 0 radical (unpaired) electrons. The molecule has 0 saturated carbocycles. The predicted octanol–water partition coefficient (Wildman–Crippen LogP) is 0.540. The molecular formula is C24H23Cl2Zr. The second-order valence-corrected chi connectivity index (χ2v) is 9.26. The smallest absolute Gasteiger partial charge is 1.00 e. The molecule has 0 aliphatic heterocycles. The van der Waals surface area contributed by atoms with Crippen molar-refractivity contribution >= 4 is 0 Å². The number of fused-ring (bicyclic) bond motifs is 3. The molecule has 0 nitrogen and oxygen atoms in total. The van der Waals surface area contributed by atoms with E-state index in [1.54, 1.807) is 0 Å². The van der Waals surface area contributed by atoms with E-state index in [1.165, 1.54) is 67.0 Å². The standard InChI is InChI=1S/C24H23.2ClH.Zr/c1-16(2)21-14-9-15-22(24(21,3)4)23-19-12-7-5-10-17(19)18-11-6-8-13-20(18)23;;;/h5-8,10-15,23H,1-4H3;2*1H;/q;;;+2/p-2. The fourth-order valence-corrected chi connectivity index (χ4v) is 5.32. The molecule has 2 aliphatic rings. The van der Waals surface area contributed by atoms with Crippen LogP contribution in [0.1, 0.15) is 44.7 Å². The normalized spacial score (nSPS) is 17.0. The molecule has 4 rings (SSSR count). The Hall–Kier alpha value is -0.877. The average molecular weight is 474 g/mol. The number of hydrogen-bond donors (Lipinski definition) is 0. The van der Waals surface area contributed by atoms with Gasteiger partial charge in [-0.1, -0.05) is 0 Å². The van der Waals surface area contributed by atoms with Gasteiger partial charge in [-0.2, -0.15) is 0 Å². The first-order valence-electron chi connectivity index (χ1n) is 8.93. The summed E-state index contributed by atoms with van der Waals surface area (Å²) >= 11 is 1.49. The zero-order chi connectivity index (χ0) is 17.8. The van der Waals surface area contributed by atoms with Gasteiger partial charge in [0.25, 0.3) is 0 Å². The largest absolute Gasteiger partial charge is 1.00 e. The zero-order valence-electron chi connectivity index (χ0n) is 16.1. The van der Waals surface area contributed by atoms with Crippen LogP contribution in [-0.2, 0) is 24.7 Å². The maximum absolute atomic E-state index is 2.47. The van der Waals surface area contributed by atoms with E-state index >= 15 is 0 Å². The van der Waals surface area contributed by atoms with Gasteiger partial charge >= 0.3 is 167 Å². The molecule has 2 aromatic rings. The minimum atomic E-state index is 0. The Kier molecular flexibility index (Phi) is 6.84. The minimum Gasteiger partial charge on any atom is -1.00 e. The van der Waals surface area contributed by atoms with E-state index in [4.69, 9.17) is 0 Å². The third-order valence-corrected chi connectivity index (χ3v) is 6.40. The van der Waals surface area contributed by atoms with Gasteiger partial charge in [0.05, 0.1) is 0 Å². The summed E-state index contributed by atoms with van der Waals surface area (Å²) in [6, 6.07) is 17.9. The maximum atomic E-state index is 2.47. The summed E-state index contributed by atoms with van der Waals surface area (Å²) < 4.78 is 1.44. The number of allylic oxidation sites excluding steroid dienone is 6. The first kappa shape index (κ1) is 22.4. The van der Waals surface area contributed by atoms with Crippen molar-refractivity contribution < 1.29 is 49.5 Å². The van der Waals surface area contributed by atoms with E-state index < -0.39 is 0 Å². The van der Waals surface area contributed by atoms with Crippen molar-refractivity contribution in [3.63, 3.8) is 0 Å². The topological polar surface area (TPSA) is 0 Å². The van der Waals surface area contributed by atoms with Gasteiger partial charge in [-0.25, -0.2) is 0 Å². The molecular weight excluding hydrogens is 450 g/mol. The number of halogens is 2. The minimum absolute atomic E-state index is 0. The first-order valence-corrected chi connectivity index (χ1v) is 10.2. The Labute approximate surface area is 190 Å². The van der Waals surface area contributed by atoms with E-state index in [9.17, 15) is 0 Å². The fourth-order valence-electron chi connectivity index (χ4n) is 4.59. The predicted molar refractivity (Wildman–Crippen MR) is 102 cm³/mol. The Bertz CT molecular complexity index is 914. The van der Waals surface area contributed by atoms with Gasteiger partial charge in [0.2, 0.25) is 0 Å². The molecule has 0 heterocycles. The summed E-state index contributed by atoms with van der Waals surface area (Å²) in [7, 11) is 0. The van der Waals surface area contributed by atoms with Gasteiger partial charge in [-0.05, 0) is 0 Å². The summed E-state index contributed by atoms with van der Waals surface area (Å²) in [6.07, 6.45) is 4.87. The van der Waals surface area contributed by atoms with Crippen molar-refractivity contribution in [1.82, 2.24) is 0 Å². The fraction of sp³-hybridized carbons (Fsp3) is 0.250. The number of rotatable bonds is 1. The van der Waals surface area contributed by atoms with Crippen LogP contribution in [0.15, 0.2) is 80.7 Å². The molecule has 0 fully saturated rings. The second-order valence-electron chi connectivity index (χ2n) is 7.85. The van der Waals surface area contributed by atoms with Crippen molar-refractivity contribution in [2.75, 3.05) is 0 Å². The van der Waals surface area contributed by atoms with E-state index in [0.29, 0.717) is 5.92 Å². The Morgan fingerprint density at radius 1 is 0.815 bits per heavy atom. The van der Waals surface area contributed by atoms with Gasteiger partial charge < -0.3 is 24.8 Å². The van der Waals surface area contributed by atoms with E-state index in [2.05, 4.69) is 88.4 Å². The Balaban J connectivity index is 0.00000131. The van der Waals surface area contributed by atoms with E-state index in [1.807, 2.05) is 0 Å². The Morgan fingerprint density at radius 2 is 1.30 bits per heavy atom. The zero-order valence-corrected chi connectivity index (χ0v) is 20.1. The summed E-state index contributed by atoms with van der Waals surface area (Å²) in [5.74, 6) is 0.362. The molecule has 0 saturated heterocycles. The first-order chi connectivity index (χ1) is 11.9. The van der Waals surface area contributed by atoms with Crippen LogP contribution in [0.3, 0.4) is 0 Å². The Morgan fingerprint density at radius 3 is 1.78 bits per heavy atom. The third kappa shape index (κ3) is 3.60. The molecule has 137 valence electrons. The van der Waals surface area contributed by atoms with Crippen LogP contribution in [0.4, 0.5) is 0 Å². The van der Waals surface area contributed by atoms with E-state index in [0.717, 1.165) is 0 Å². The van der Waals surface area contributed by atoms with Gasteiger partial charge in [-0.15, -0.1) is 0 Å². The van der Waals surface area contributed by atoms with Crippen LogP contribution < -0.4 is 24.8 Å². The molecule has 2 aromatic carbocycles. The third-order valence-electron chi connectivity index (χ3n) is 5.69. The van der Waals surface area contributed by atoms with Crippen LogP contribution in [0.2, 0.25) is 0 Å². The molecule has 0 spiro atoms. The molecule has 2 aliphatic carbocycles.